The SMILES string of the molecule is Cc1cnc2[nH]c3c(C)c(C(=O)N(c4cccc(S(=O)(=O)C5CC5)c4)C4CCN(CCO)CC4)ccc3c2c1. The van der Waals surface area contributed by atoms with Crippen molar-refractivity contribution in [2.75, 3.05) is 31.1 Å². The number of aromatic nitrogens is 2. The van der Waals surface area contributed by atoms with E-state index in [0.717, 1.165) is 59.0 Å². The number of nitrogens with zero attached hydrogens (tertiary/aromatic N) is 3. The molecule has 8 nitrogen and oxygen atoms in total. The van der Waals surface area contributed by atoms with Crippen molar-refractivity contribution in [1.82, 2.24) is 14.9 Å². The average Bonchev–Trinajstić information content (AvgIpc) is 3.73. The molecule has 1 saturated heterocycles. The van der Waals surface area contributed by atoms with E-state index in [2.05, 4.69) is 20.9 Å². The van der Waals surface area contributed by atoms with E-state index in [1.54, 1.807) is 23.1 Å². The lowest BCUT2D eigenvalue weighted by atomic mass is 9.98. The van der Waals surface area contributed by atoms with E-state index in [1.165, 1.54) is 0 Å². The van der Waals surface area contributed by atoms with Crippen LogP contribution in [-0.4, -0.2) is 71.8 Å². The zero-order valence-corrected chi connectivity index (χ0v) is 23.2. The monoisotopic (exact) mass is 546 g/mol. The summed E-state index contributed by atoms with van der Waals surface area (Å²) in [5, 5.41) is 11.1. The highest BCUT2D eigenvalue weighted by Gasteiger charge is 2.38. The van der Waals surface area contributed by atoms with E-state index in [0.29, 0.717) is 30.6 Å². The van der Waals surface area contributed by atoms with Crippen molar-refractivity contribution in [2.45, 2.75) is 55.7 Å². The van der Waals surface area contributed by atoms with Crippen LogP contribution in [0, 0.1) is 13.8 Å². The number of sulfone groups is 1. The molecule has 204 valence electrons. The highest BCUT2D eigenvalue weighted by atomic mass is 32.2. The van der Waals surface area contributed by atoms with Crippen LogP contribution >= 0.6 is 0 Å². The molecule has 6 rings (SSSR count). The van der Waals surface area contributed by atoms with E-state index >= 15 is 0 Å². The maximum absolute atomic E-state index is 14.4. The molecule has 2 aliphatic rings. The average molecular weight is 547 g/mol. The second-order valence-electron chi connectivity index (χ2n) is 10.9. The first-order valence-electron chi connectivity index (χ1n) is 13.7. The van der Waals surface area contributed by atoms with Gasteiger partial charge in [-0.25, -0.2) is 13.4 Å². The Morgan fingerprint density at radius 1 is 1.08 bits per heavy atom. The topological polar surface area (TPSA) is 107 Å². The number of H-pyrrole nitrogens is 1. The van der Waals surface area contributed by atoms with Crippen molar-refractivity contribution < 1.29 is 18.3 Å². The van der Waals surface area contributed by atoms with Crippen molar-refractivity contribution in [1.29, 1.82) is 0 Å². The fraction of sp³-hybridized carbons (Fsp3) is 0.400. The fourth-order valence-corrected chi connectivity index (χ4v) is 7.56. The number of nitrogens with one attached hydrogen (secondary N) is 1. The molecule has 2 fully saturated rings. The van der Waals surface area contributed by atoms with Crippen molar-refractivity contribution in [3.05, 3.63) is 65.4 Å². The Bertz CT molecular complexity index is 1670. The number of amides is 1. The van der Waals surface area contributed by atoms with Gasteiger partial charge in [0.15, 0.2) is 9.84 Å². The molecular formula is C30H34N4O4S. The number of piperidine rings is 1. The Balaban J connectivity index is 1.42. The minimum Gasteiger partial charge on any atom is -0.395 e. The van der Waals surface area contributed by atoms with Crippen molar-refractivity contribution in [3.8, 4) is 0 Å². The second kappa shape index (κ2) is 10.0. The maximum atomic E-state index is 14.4. The number of β-amino-alcohol motifs (C(OH)–C–C–N with tert-alkyl or cyclic N) is 1. The molecule has 4 aromatic rings. The van der Waals surface area contributed by atoms with Crippen molar-refractivity contribution in [2.24, 2.45) is 0 Å². The molecule has 1 amide bonds. The first-order chi connectivity index (χ1) is 18.8. The highest BCUT2D eigenvalue weighted by Crippen LogP contribution is 2.36. The van der Waals surface area contributed by atoms with Crippen LogP contribution in [-0.2, 0) is 9.84 Å². The molecule has 0 unspecified atom stereocenters. The van der Waals surface area contributed by atoms with Crippen LogP contribution in [0.25, 0.3) is 21.9 Å². The zero-order chi connectivity index (χ0) is 27.3. The lowest BCUT2D eigenvalue weighted by molar-refractivity contribution is 0.0954. The summed E-state index contributed by atoms with van der Waals surface area (Å²) in [6, 6.07) is 12.8. The number of aryl methyl sites for hydroxylation is 2. The number of rotatable bonds is 7. The number of carbonyl (C=O) groups excluding carboxylic acids is 1. The third kappa shape index (κ3) is 4.73. The summed E-state index contributed by atoms with van der Waals surface area (Å²) in [7, 11) is -3.40. The normalized spacial score (nSPS) is 17.2. The first kappa shape index (κ1) is 26.0. The van der Waals surface area contributed by atoms with Gasteiger partial charge in [0.2, 0.25) is 0 Å². The molecule has 9 heteroatoms. The Kier molecular flexibility index (Phi) is 6.69. The van der Waals surface area contributed by atoms with Crippen LogP contribution in [0.2, 0.25) is 0 Å². The highest BCUT2D eigenvalue weighted by molar-refractivity contribution is 7.92. The predicted octanol–water partition coefficient (Wildman–Crippen LogP) is 4.37. The fourth-order valence-electron chi connectivity index (χ4n) is 5.87. The molecule has 1 saturated carbocycles. The molecule has 0 radical (unpaired) electrons. The summed E-state index contributed by atoms with van der Waals surface area (Å²) in [6.45, 7) is 6.21. The van der Waals surface area contributed by atoms with Gasteiger partial charge in [0, 0.05) is 53.9 Å². The van der Waals surface area contributed by atoms with E-state index in [4.69, 9.17) is 0 Å². The maximum Gasteiger partial charge on any atom is 0.258 e. The quantitative estimate of drug-likeness (QED) is 0.357. The molecule has 1 aliphatic heterocycles. The number of aliphatic hydroxyl groups is 1. The summed E-state index contributed by atoms with van der Waals surface area (Å²) in [6.07, 6.45) is 4.68. The van der Waals surface area contributed by atoms with Gasteiger partial charge in [-0.1, -0.05) is 12.1 Å². The van der Waals surface area contributed by atoms with Crippen LogP contribution < -0.4 is 4.90 Å². The first-order valence-corrected chi connectivity index (χ1v) is 15.2. The molecule has 2 N–H and O–H groups in total. The third-order valence-electron chi connectivity index (χ3n) is 8.20. The largest absolute Gasteiger partial charge is 0.395 e. The molecular weight excluding hydrogens is 512 g/mol. The van der Waals surface area contributed by atoms with E-state index in [1.807, 2.05) is 38.2 Å². The lowest BCUT2D eigenvalue weighted by Crippen LogP contribution is -2.48. The zero-order valence-electron chi connectivity index (χ0n) is 22.4. The number of fused-ring (bicyclic) bond motifs is 3. The number of hydrogen-bond acceptors (Lipinski definition) is 6. The van der Waals surface area contributed by atoms with Crippen LogP contribution in [0.15, 0.2) is 53.6 Å². The summed E-state index contributed by atoms with van der Waals surface area (Å²) in [4.78, 5) is 26.6. The standard InChI is InChI=1S/C30H34N4O4S/c1-19-16-27-26-9-8-25(20(2)28(26)32-29(27)31-18-19)30(36)34(21-10-12-33(13-11-21)14-15-35)22-4-3-5-24(17-22)39(37,38)23-6-7-23/h3-5,8-9,16-18,21,23,35H,6-7,10-15H2,1-2H3,(H,31,32). The molecule has 2 aromatic carbocycles. The number of benzene rings is 2. The number of hydrogen-bond donors (Lipinski definition) is 2. The minimum absolute atomic E-state index is 0.0894. The van der Waals surface area contributed by atoms with Gasteiger partial charge in [-0.2, -0.15) is 0 Å². The van der Waals surface area contributed by atoms with Gasteiger partial charge in [-0.15, -0.1) is 0 Å². The number of pyridine rings is 1. The molecule has 0 bridgehead atoms. The van der Waals surface area contributed by atoms with Crippen molar-refractivity contribution in [3.63, 3.8) is 0 Å². The number of carbonyl (C=O) groups is 1. The third-order valence-corrected chi connectivity index (χ3v) is 10.5. The summed E-state index contributed by atoms with van der Waals surface area (Å²) in [5.41, 5.74) is 4.78. The molecule has 1 aliphatic carbocycles. The number of aliphatic hydroxyl groups excluding tert-OH is 1. The minimum atomic E-state index is -3.40. The van der Waals surface area contributed by atoms with Gasteiger partial charge in [0.25, 0.3) is 5.91 Å². The summed E-state index contributed by atoms with van der Waals surface area (Å²) < 4.78 is 26.1. The lowest BCUT2D eigenvalue weighted by Gasteiger charge is -2.38. The Hall–Kier alpha value is -3.27. The van der Waals surface area contributed by atoms with Crippen LogP contribution in [0.4, 0.5) is 5.69 Å². The van der Waals surface area contributed by atoms with Gasteiger partial charge >= 0.3 is 0 Å². The summed E-state index contributed by atoms with van der Waals surface area (Å²) in [5.74, 6) is -0.140. The molecule has 0 spiro atoms. The Labute approximate surface area is 228 Å². The second-order valence-corrected chi connectivity index (χ2v) is 13.1. The van der Waals surface area contributed by atoms with Gasteiger partial charge in [0.05, 0.1) is 22.3 Å². The molecule has 3 heterocycles. The van der Waals surface area contributed by atoms with Crippen LogP contribution in [0.1, 0.15) is 47.2 Å². The van der Waals surface area contributed by atoms with E-state index < -0.39 is 9.84 Å². The van der Waals surface area contributed by atoms with E-state index in [9.17, 15) is 18.3 Å². The van der Waals surface area contributed by atoms with Gasteiger partial charge < -0.3 is 19.9 Å². The van der Waals surface area contributed by atoms with Gasteiger partial charge in [-0.05, 0) is 81.0 Å². The van der Waals surface area contributed by atoms with E-state index in [-0.39, 0.29) is 28.7 Å². The molecule has 0 atom stereocenters. The van der Waals surface area contributed by atoms with Gasteiger partial charge in [-0.3, -0.25) is 4.79 Å². The van der Waals surface area contributed by atoms with Gasteiger partial charge in [0.1, 0.15) is 5.65 Å². The summed E-state index contributed by atoms with van der Waals surface area (Å²) >= 11 is 0. The number of likely N-dealkylation sites (tertiary alicyclic amines) is 1. The van der Waals surface area contributed by atoms with Crippen LogP contribution in [0.5, 0.6) is 0 Å². The van der Waals surface area contributed by atoms with Crippen molar-refractivity contribution >= 4 is 43.4 Å². The Morgan fingerprint density at radius 3 is 2.56 bits per heavy atom. The van der Waals surface area contributed by atoms with Crippen LogP contribution in [0.3, 0.4) is 0 Å². The molecule has 2 aromatic heterocycles. The number of aromatic amines is 1. The smallest absolute Gasteiger partial charge is 0.258 e. The predicted molar refractivity (Wildman–Crippen MR) is 153 cm³/mol. The number of anilines is 1. The molecule has 39 heavy (non-hydrogen) atoms. The Morgan fingerprint density at radius 2 is 1.85 bits per heavy atom.